The Morgan fingerprint density at radius 3 is 2.23 bits per heavy atom. The fourth-order valence-electron chi connectivity index (χ4n) is 4.23. The van der Waals surface area contributed by atoms with Gasteiger partial charge in [0, 0.05) is 48.2 Å². The number of rotatable bonds is 6. The van der Waals surface area contributed by atoms with Gasteiger partial charge in [0.1, 0.15) is 5.57 Å². The van der Waals surface area contributed by atoms with Crippen LogP contribution in [-0.4, -0.2) is 21.8 Å². The molecule has 2 atom stereocenters. The molecule has 1 aliphatic heterocycles. The maximum absolute atomic E-state index is 13.2. The third kappa shape index (κ3) is 5.12. The van der Waals surface area contributed by atoms with Gasteiger partial charge in [0.15, 0.2) is 18.4 Å². The summed E-state index contributed by atoms with van der Waals surface area (Å²) >= 11 is 6.13. The van der Waals surface area contributed by atoms with E-state index in [-0.39, 0.29) is 11.3 Å². The summed E-state index contributed by atoms with van der Waals surface area (Å²) in [5, 5.41) is 22.7. The molecule has 2 heterocycles. The smallest absolute Gasteiger partial charge is 0.345 e. The Bertz CT molecular complexity index is 1300. The Morgan fingerprint density at radius 2 is 1.66 bits per heavy atom. The van der Waals surface area contributed by atoms with Crippen molar-refractivity contribution in [3.63, 3.8) is 0 Å². The maximum atomic E-state index is 13.2. The fraction of sp³-hybridized carbons (Fsp3) is 0.231. The lowest BCUT2D eigenvalue weighted by Crippen LogP contribution is -2.46. The van der Waals surface area contributed by atoms with E-state index < -0.39 is 34.6 Å². The quantitative estimate of drug-likeness (QED) is 0.215. The lowest BCUT2D eigenvalue weighted by Gasteiger charge is -2.34. The summed E-state index contributed by atoms with van der Waals surface area (Å²) in [7, 11) is 0. The van der Waals surface area contributed by atoms with Crippen LogP contribution in [0.15, 0.2) is 84.6 Å². The third-order valence-corrected chi connectivity index (χ3v) is 5.98. The summed E-state index contributed by atoms with van der Waals surface area (Å²) in [6.45, 7) is 4.98. The van der Waals surface area contributed by atoms with Crippen molar-refractivity contribution in [2.45, 2.75) is 38.5 Å². The van der Waals surface area contributed by atoms with Gasteiger partial charge in [-0.15, -0.1) is 0 Å². The minimum Gasteiger partial charge on any atom is -0.480 e. The van der Waals surface area contributed by atoms with Crippen molar-refractivity contribution in [1.82, 2.24) is 0 Å². The molecule has 1 N–H and O–H groups in total. The van der Waals surface area contributed by atoms with Crippen LogP contribution in [0.5, 0.6) is 0 Å². The normalized spacial score (nSPS) is 16.7. The van der Waals surface area contributed by atoms with Crippen LogP contribution in [0.4, 0.5) is 5.69 Å². The van der Waals surface area contributed by atoms with Gasteiger partial charge in [-0.2, -0.15) is 4.57 Å². The minimum atomic E-state index is -1.34. The second-order valence-electron chi connectivity index (χ2n) is 8.76. The number of halogens is 1. The van der Waals surface area contributed by atoms with E-state index in [4.69, 9.17) is 21.1 Å². The molecular formula is C26H24ClN2O6+. The van der Waals surface area contributed by atoms with Crippen LogP contribution in [0.2, 0.25) is 5.02 Å². The van der Waals surface area contributed by atoms with Crippen molar-refractivity contribution in [1.29, 1.82) is 0 Å². The number of aryl methyl sites for hydroxylation is 1. The molecule has 2 unspecified atom stereocenters. The summed E-state index contributed by atoms with van der Waals surface area (Å²) in [6.07, 6.45) is 3.73. The van der Waals surface area contributed by atoms with Crippen molar-refractivity contribution in [3.05, 3.63) is 116 Å². The zero-order chi connectivity index (χ0) is 25.3. The van der Waals surface area contributed by atoms with Gasteiger partial charge in [0.2, 0.25) is 0 Å². The van der Waals surface area contributed by atoms with E-state index >= 15 is 0 Å². The highest BCUT2D eigenvalue weighted by Crippen LogP contribution is 2.42. The zero-order valence-electron chi connectivity index (χ0n) is 19.3. The number of hydrogen-bond acceptors (Lipinski definition) is 6. The summed E-state index contributed by atoms with van der Waals surface area (Å²) in [5.74, 6) is -3.39. The Labute approximate surface area is 207 Å². The first-order valence-corrected chi connectivity index (χ1v) is 11.3. The first kappa shape index (κ1) is 24.2. The van der Waals surface area contributed by atoms with E-state index in [2.05, 4.69) is 0 Å². The number of ether oxygens (including phenoxy) is 2. The molecule has 0 radical (unpaired) electrons. The van der Waals surface area contributed by atoms with Crippen molar-refractivity contribution in [3.8, 4) is 0 Å². The average molecular weight is 496 g/mol. The molecule has 180 valence electrons. The number of benzene rings is 2. The number of nitro benzene ring substituents is 1. The second kappa shape index (κ2) is 9.38. The highest BCUT2D eigenvalue weighted by molar-refractivity contribution is 6.30. The largest absolute Gasteiger partial charge is 0.480 e. The van der Waals surface area contributed by atoms with Gasteiger partial charge in [0.25, 0.3) is 17.4 Å². The van der Waals surface area contributed by atoms with Crippen LogP contribution in [0.1, 0.15) is 42.5 Å². The number of carbonyl (C=O) groups excluding carboxylic acids is 1. The van der Waals surface area contributed by atoms with E-state index in [1.165, 1.54) is 26.0 Å². The molecule has 1 aromatic heterocycles. The number of non-ortho nitro benzene ring substituents is 1. The van der Waals surface area contributed by atoms with Gasteiger partial charge >= 0.3 is 5.97 Å². The molecule has 2 aromatic carbocycles. The summed E-state index contributed by atoms with van der Waals surface area (Å²) in [4.78, 5) is 24.0. The van der Waals surface area contributed by atoms with E-state index in [1.54, 1.807) is 36.4 Å². The number of cyclic esters (lactones) is 1. The molecule has 9 heteroatoms. The molecular weight excluding hydrogens is 472 g/mol. The Morgan fingerprint density at radius 1 is 1.03 bits per heavy atom. The van der Waals surface area contributed by atoms with Crippen molar-refractivity contribution >= 4 is 23.3 Å². The van der Waals surface area contributed by atoms with Crippen LogP contribution >= 0.6 is 11.6 Å². The number of carbonyl (C=O) groups is 1. The van der Waals surface area contributed by atoms with Crippen molar-refractivity contribution < 1.29 is 28.9 Å². The molecule has 3 aromatic rings. The molecule has 8 nitrogen and oxygen atoms in total. The van der Waals surface area contributed by atoms with Gasteiger partial charge < -0.3 is 14.6 Å². The lowest BCUT2D eigenvalue weighted by atomic mass is 9.81. The Balaban J connectivity index is 1.99. The molecule has 0 amide bonds. The average Bonchev–Trinajstić information content (AvgIpc) is 2.78. The van der Waals surface area contributed by atoms with Crippen LogP contribution < -0.4 is 4.57 Å². The second-order valence-corrected chi connectivity index (χ2v) is 9.20. The van der Waals surface area contributed by atoms with Crippen molar-refractivity contribution in [2.75, 3.05) is 0 Å². The molecule has 4 rings (SSSR count). The number of aromatic nitrogens is 1. The summed E-state index contributed by atoms with van der Waals surface area (Å²) in [5.41, 5.74) is 2.16. The van der Waals surface area contributed by atoms with Gasteiger partial charge in [-0.3, -0.25) is 10.1 Å². The number of pyridine rings is 1. The number of aliphatic hydroxyl groups excluding tert-OH is 1. The Kier molecular flexibility index (Phi) is 6.49. The summed E-state index contributed by atoms with van der Waals surface area (Å²) < 4.78 is 12.9. The van der Waals surface area contributed by atoms with Crippen LogP contribution in [0, 0.1) is 17.0 Å². The molecule has 0 fully saturated rings. The molecule has 0 saturated carbocycles. The highest BCUT2D eigenvalue weighted by atomic mass is 35.5. The van der Waals surface area contributed by atoms with E-state index in [9.17, 15) is 20.0 Å². The van der Waals surface area contributed by atoms with Gasteiger partial charge in [-0.1, -0.05) is 23.7 Å². The number of esters is 1. The van der Waals surface area contributed by atoms with Gasteiger partial charge in [0.05, 0.1) is 10.8 Å². The highest BCUT2D eigenvalue weighted by Gasteiger charge is 2.46. The molecule has 1 aliphatic rings. The maximum Gasteiger partial charge on any atom is 0.345 e. The van der Waals surface area contributed by atoms with Gasteiger partial charge in [-0.05, 0) is 42.8 Å². The van der Waals surface area contributed by atoms with E-state index in [0.717, 1.165) is 5.56 Å². The number of nitro groups is 1. The first-order chi connectivity index (χ1) is 16.6. The zero-order valence-corrected chi connectivity index (χ0v) is 20.1. The molecule has 0 spiro atoms. The third-order valence-electron chi connectivity index (χ3n) is 5.72. The topological polar surface area (TPSA) is 103 Å². The monoisotopic (exact) mass is 495 g/mol. The van der Waals surface area contributed by atoms with Crippen LogP contribution in [0.3, 0.4) is 0 Å². The Hall–Kier alpha value is -3.91. The van der Waals surface area contributed by atoms with E-state index in [0.29, 0.717) is 16.1 Å². The standard InChI is InChI=1S/C26H23ClN2O6/c1-16-5-4-14-28(15-16)23(18-8-12-20(13-9-18)29(32)33)21(17-6-10-19(27)11-7-17)22-24(30)34-26(2,3)35-25(22)31/h4-15,21,23H,1-3H3/p+1. The van der Waals surface area contributed by atoms with Crippen molar-refractivity contribution in [2.24, 2.45) is 0 Å². The van der Waals surface area contributed by atoms with Crippen LogP contribution in [0.25, 0.3) is 0 Å². The lowest BCUT2D eigenvalue weighted by molar-refractivity contribution is -0.716. The minimum absolute atomic E-state index is 0.0611. The molecule has 0 aliphatic carbocycles. The molecule has 35 heavy (non-hydrogen) atoms. The molecule has 0 saturated heterocycles. The first-order valence-electron chi connectivity index (χ1n) is 10.9. The number of nitrogens with zero attached hydrogens (tertiary/aromatic N) is 2. The predicted octanol–water partition coefficient (Wildman–Crippen LogP) is 5.30. The SMILES string of the molecule is Cc1ccc[n+](C(c2ccc([N+](=O)[O-])cc2)C(C2=C(O)OC(C)(C)OC2=O)c2ccc(Cl)cc2)c1. The number of aliphatic hydroxyl groups is 1. The summed E-state index contributed by atoms with van der Waals surface area (Å²) in [6, 6.07) is 16.2. The predicted molar refractivity (Wildman–Crippen MR) is 128 cm³/mol. The van der Waals surface area contributed by atoms with Crippen LogP contribution in [-0.2, 0) is 14.3 Å². The van der Waals surface area contributed by atoms with Gasteiger partial charge in [-0.25, -0.2) is 4.79 Å². The molecule has 0 bridgehead atoms. The fourth-order valence-corrected chi connectivity index (χ4v) is 4.36. The van der Waals surface area contributed by atoms with E-state index in [1.807, 2.05) is 36.0 Å². The number of hydrogen-bond donors (Lipinski definition) is 1.